The molecule has 0 radical (unpaired) electrons. The van der Waals surface area contributed by atoms with Crippen LogP contribution in [0, 0.1) is 13.8 Å². The van der Waals surface area contributed by atoms with E-state index in [0.717, 1.165) is 21.3 Å². The highest BCUT2D eigenvalue weighted by molar-refractivity contribution is 9.10. The number of sulfonamides is 1. The molecule has 2 aromatic rings. The number of nitrogens with two attached hydrogens (primary N) is 1. The number of ether oxygens (including phenoxy) is 1. The number of nitrogens with zero attached hydrogens (tertiary/aromatic N) is 1. The highest BCUT2D eigenvalue weighted by Gasteiger charge is 2.13. The lowest BCUT2D eigenvalue weighted by molar-refractivity contribution is 0.297. The normalized spacial score (nSPS) is 11.4. The maximum atomic E-state index is 11.4. The average Bonchev–Trinajstić information content (AvgIpc) is 2.38. The summed E-state index contributed by atoms with van der Waals surface area (Å²) in [7, 11) is -3.71. The maximum absolute atomic E-state index is 11.4. The van der Waals surface area contributed by atoms with E-state index in [1.54, 1.807) is 20.0 Å². The zero-order chi connectivity index (χ0) is 15.6. The molecule has 1 heterocycles. The van der Waals surface area contributed by atoms with Gasteiger partial charge in [0.2, 0.25) is 10.0 Å². The summed E-state index contributed by atoms with van der Waals surface area (Å²) >= 11 is 3.32. The molecule has 1 aromatic carbocycles. The molecule has 0 aliphatic heterocycles. The Hall–Kier alpha value is -1.44. The SMILES string of the molecule is Cc1cc(S(N)(=O)=O)cc(C)c1OCc1ccc(Br)cn1. The number of pyridine rings is 1. The van der Waals surface area contributed by atoms with E-state index in [0.29, 0.717) is 12.4 Å². The van der Waals surface area contributed by atoms with Crippen LogP contribution in [0.1, 0.15) is 16.8 Å². The van der Waals surface area contributed by atoms with Gasteiger partial charge in [0.1, 0.15) is 12.4 Å². The fourth-order valence-corrected chi connectivity index (χ4v) is 2.86. The van der Waals surface area contributed by atoms with Crippen molar-refractivity contribution < 1.29 is 13.2 Å². The second kappa shape index (κ2) is 6.13. The van der Waals surface area contributed by atoms with E-state index in [2.05, 4.69) is 20.9 Å². The molecular formula is C14H15BrN2O3S. The number of rotatable bonds is 4. The first kappa shape index (κ1) is 15.9. The third-order valence-electron chi connectivity index (χ3n) is 2.92. The number of halogens is 1. The minimum Gasteiger partial charge on any atom is -0.487 e. The molecule has 21 heavy (non-hydrogen) atoms. The molecule has 0 atom stereocenters. The van der Waals surface area contributed by atoms with Crippen LogP contribution < -0.4 is 9.88 Å². The number of aryl methyl sites for hydroxylation is 2. The fourth-order valence-electron chi connectivity index (χ4n) is 1.94. The van der Waals surface area contributed by atoms with Crippen molar-refractivity contribution in [2.75, 3.05) is 0 Å². The topological polar surface area (TPSA) is 82.3 Å². The van der Waals surface area contributed by atoms with Gasteiger partial charge in [-0.3, -0.25) is 4.98 Å². The molecule has 2 N–H and O–H groups in total. The lowest BCUT2D eigenvalue weighted by Crippen LogP contribution is -2.13. The van der Waals surface area contributed by atoms with Crippen molar-refractivity contribution >= 4 is 26.0 Å². The molecule has 112 valence electrons. The van der Waals surface area contributed by atoms with E-state index in [4.69, 9.17) is 9.88 Å². The fraction of sp³-hybridized carbons (Fsp3) is 0.214. The van der Waals surface area contributed by atoms with E-state index in [9.17, 15) is 8.42 Å². The van der Waals surface area contributed by atoms with Crippen molar-refractivity contribution in [3.05, 3.63) is 51.8 Å². The molecule has 2 rings (SSSR count). The predicted octanol–water partition coefficient (Wildman–Crippen LogP) is 2.69. The number of hydrogen-bond donors (Lipinski definition) is 1. The van der Waals surface area contributed by atoms with Gasteiger partial charge in [0.25, 0.3) is 0 Å². The van der Waals surface area contributed by atoms with E-state index >= 15 is 0 Å². The molecule has 0 aliphatic rings. The smallest absolute Gasteiger partial charge is 0.238 e. The highest BCUT2D eigenvalue weighted by atomic mass is 79.9. The molecular weight excluding hydrogens is 356 g/mol. The Balaban J connectivity index is 2.23. The molecule has 1 aromatic heterocycles. The molecule has 7 heteroatoms. The summed E-state index contributed by atoms with van der Waals surface area (Å²) in [6, 6.07) is 6.75. The minimum atomic E-state index is -3.71. The quantitative estimate of drug-likeness (QED) is 0.896. The lowest BCUT2D eigenvalue weighted by Gasteiger charge is -2.13. The van der Waals surface area contributed by atoms with Crippen LogP contribution in [0.15, 0.2) is 39.8 Å². The maximum Gasteiger partial charge on any atom is 0.238 e. The van der Waals surface area contributed by atoms with Crippen molar-refractivity contribution in [3.8, 4) is 5.75 Å². The molecule has 0 saturated heterocycles. The highest BCUT2D eigenvalue weighted by Crippen LogP contribution is 2.27. The van der Waals surface area contributed by atoms with Gasteiger partial charge in [-0.2, -0.15) is 0 Å². The third-order valence-corrected chi connectivity index (χ3v) is 4.28. The summed E-state index contributed by atoms with van der Waals surface area (Å²) in [5, 5.41) is 5.14. The Kier molecular flexibility index (Phi) is 4.65. The summed E-state index contributed by atoms with van der Waals surface area (Å²) in [5.41, 5.74) is 2.22. The molecule has 0 spiro atoms. The standard InChI is InChI=1S/C14H15BrN2O3S/c1-9-5-13(21(16,18)19)6-10(2)14(9)20-8-12-4-3-11(15)7-17-12/h3-7H,8H2,1-2H3,(H2,16,18,19). The van der Waals surface area contributed by atoms with Gasteiger partial charge in [-0.1, -0.05) is 0 Å². The summed E-state index contributed by atoms with van der Waals surface area (Å²) in [5.74, 6) is 0.645. The average molecular weight is 371 g/mol. The molecule has 0 aliphatic carbocycles. The number of hydrogen-bond acceptors (Lipinski definition) is 4. The third kappa shape index (κ3) is 4.03. The molecule has 0 bridgehead atoms. The van der Waals surface area contributed by atoms with Gasteiger partial charge in [-0.15, -0.1) is 0 Å². The Labute approximate surface area is 132 Å². The monoisotopic (exact) mass is 370 g/mol. The van der Waals surface area contributed by atoms with Crippen LogP contribution in [0.25, 0.3) is 0 Å². The second-order valence-electron chi connectivity index (χ2n) is 4.69. The summed E-state index contributed by atoms with van der Waals surface area (Å²) in [6.07, 6.45) is 1.70. The van der Waals surface area contributed by atoms with Gasteiger partial charge in [0.05, 0.1) is 10.6 Å². The first-order chi connectivity index (χ1) is 9.77. The first-order valence-electron chi connectivity index (χ1n) is 6.14. The number of primary sulfonamides is 1. The van der Waals surface area contributed by atoms with Gasteiger partial charge in [0, 0.05) is 10.7 Å². The summed E-state index contributed by atoms with van der Waals surface area (Å²) in [4.78, 5) is 4.31. The largest absolute Gasteiger partial charge is 0.487 e. The van der Waals surface area contributed by atoms with Crippen molar-refractivity contribution in [3.63, 3.8) is 0 Å². The van der Waals surface area contributed by atoms with E-state index in [1.807, 2.05) is 12.1 Å². The van der Waals surface area contributed by atoms with Crippen LogP contribution in [-0.2, 0) is 16.6 Å². The molecule has 0 amide bonds. The van der Waals surface area contributed by atoms with Gasteiger partial charge >= 0.3 is 0 Å². The number of benzene rings is 1. The van der Waals surface area contributed by atoms with E-state index in [1.165, 1.54) is 12.1 Å². The Bertz CT molecular complexity index is 735. The van der Waals surface area contributed by atoms with Gasteiger partial charge in [-0.25, -0.2) is 13.6 Å². The Morgan fingerprint density at radius 3 is 2.33 bits per heavy atom. The van der Waals surface area contributed by atoms with Gasteiger partial charge < -0.3 is 4.74 Å². The molecule has 0 unspecified atom stereocenters. The van der Waals surface area contributed by atoms with E-state index in [-0.39, 0.29) is 4.90 Å². The van der Waals surface area contributed by atoms with Crippen LogP contribution >= 0.6 is 15.9 Å². The van der Waals surface area contributed by atoms with Crippen LogP contribution in [0.2, 0.25) is 0 Å². The van der Waals surface area contributed by atoms with Crippen molar-refractivity contribution in [1.29, 1.82) is 0 Å². The van der Waals surface area contributed by atoms with Gasteiger partial charge in [-0.05, 0) is 65.2 Å². The zero-order valence-electron chi connectivity index (χ0n) is 11.6. The van der Waals surface area contributed by atoms with Crippen molar-refractivity contribution in [2.24, 2.45) is 5.14 Å². The van der Waals surface area contributed by atoms with Gasteiger partial charge in [0.15, 0.2) is 0 Å². The van der Waals surface area contributed by atoms with E-state index < -0.39 is 10.0 Å². The Morgan fingerprint density at radius 2 is 1.86 bits per heavy atom. The van der Waals surface area contributed by atoms with Crippen LogP contribution in [-0.4, -0.2) is 13.4 Å². The first-order valence-corrected chi connectivity index (χ1v) is 8.48. The summed E-state index contributed by atoms with van der Waals surface area (Å²) < 4.78 is 29.4. The van der Waals surface area contributed by atoms with Crippen molar-refractivity contribution in [1.82, 2.24) is 4.98 Å². The molecule has 0 saturated carbocycles. The second-order valence-corrected chi connectivity index (χ2v) is 7.16. The number of aromatic nitrogens is 1. The zero-order valence-corrected chi connectivity index (χ0v) is 14.0. The molecule has 5 nitrogen and oxygen atoms in total. The minimum absolute atomic E-state index is 0.0895. The Morgan fingerprint density at radius 1 is 1.24 bits per heavy atom. The lowest BCUT2D eigenvalue weighted by atomic mass is 10.1. The summed E-state index contributed by atoms with van der Waals surface area (Å²) in [6.45, 7) is 3.88. The van der Waals surface area contributed by atoms with Crippen LogP contribution in [0.3, 0.4) is 0 Å². The van der Waals surface area contributed by atoms with Crippen LogP contribution in [0.5, 0.6) is 5.75 Å². The van der Waals surface area contributed by atoms with Crippen molar-refractivity contribution in [2.45, 2.75) is 25.3 Å². The van der Waals surface area contributed by atoms with Crippen LogP contribution in [0.4, 0.5) is 0 Å². The molecule has 0 fully saturated rings. The predicted molar refractivity (Wildman–Crippen MR) is 83.6 cm³/mol.